The van der Waals surface area contributed by atoms with Gasteiger partial charge in [0.15, 0.2) is 17.8 Å². The van der Waals surface area contributed by atoms with Gasteiger partial charge in [0.2, 0.25) is 0 Å². The first-order valence-corrected chi connectivity index (χ1v) is 9.68. The molecule has 15 nitrogen and oxygen atoms in total. The maximum absolute atomic E-state index is 12.1. The fourth-order valence-electron chi connectivity index (χ4n) is 3.07. The minimum Gasteiger partial charge on any atom is -0.457 e. The first-order chi connectivity index (χ1) is 14.7. The summed E-state index contributed by atoms with van der Waals surface area (Å²) in [5.74, 6) is -0.576. The average Bonchev–Trinajstić information content (AvgIpc) is 3.22. The Morgan fingerprint density at radius 3 is 2.23 bits per heavy atom. The highest BCUT2D eigenvalue weighted by Crippen LogP contribution is 2.31. The molecule has 0 aromatic heterocycles. The highest BCUT2D eigenvalue weighted by atomic mass is 35.5. The predicted molar refractivity (Wildman–Crippen MR) is 91.5 cm³/mol. The molecule has 0 aromatic carbocycles. The van der Waals surface area contributed by atoms with Crippen LogP contribution in [0.4, 0.5) is 4.79 Å². The zero-order valence-corrected chi connectivity index (χ0v) is 17.2. The van der Waals surface area contributed by atoms with E-state index in [1.165, 1.54) is 6.92 Å². The maximum atomic E-state index is 12.1. The van der Waals surface area contributed by atoms with Crippen molar-refractivity contribution in [2.45, 2.75) is 62.3 Å². The Morgan fingerprint density at radius 1 is 1.06 bits per heavy atom. The maximum Gasteiger partial charge on any atom is 0.510 e. The second kappa shape index (κ2) is 12.6. The Balaban J connectivity index is 1.72. The van der Waals surface area contributed by atoms with Gasteiger partial charge in [-0.1, -0.05) is 11.6 Å². The van der Waals surface area contributed by atoms with Crippen molar-refractivity contribution in [3.63, 3.8) is 0 Å². The first kappa shape index (κ1) is 25.9. The summed E-state index contributed by atoms with van der Waals surface area (Å²) < 4.78 is 26.2. The van der Waals surface area contributed by atoms with Crippen molar-refractivity contribution >= 4 is 23.7 Å². The number of halogens is 1. The number of fused-ring (bicyclic) bond motifs is 1. The second-order valence-electron chi connectivity index (χ2n) is 6.61. The summed E-state index contributed by atoms with van der Waals surface area (Å²) in [4.78, 5) is 32.6. The van der Waals surface area contributed by atoms with Crippen LogP contribution in [0.3, 0.4) is 0 Å². The minimum absolute atomic E-state index is 0.0414. The van der Waals surface area contributed by atoms with Gasteiger partial charge in [-0.3, -0.25) is 25.6 Å². The lowest BCUT2D eigenvalue weighted by atomic mass is 10.1. The smallest absolute Gasteiger partial charge is 0.457 e. The van der Waals surface area contributed by atoms with Crippen molar-refractivity contribution in [3.05, 3.63) is 0 Å². The van der Waals surface area contributed by atoms with Gasteiger partial charge < -0.3 is 23.7 Å². The molecule has 0 radical (unpaired) electrons. The van der Waals surface area contributed by atoms with E-state index in [4.69, 9.17) is 56.1 Å². The lowest BCUT2D eigenvalue weighted by Gasteiger charge is -2.19. The van der Waals surface area contributed by atoms with Crippen molar-refractivity contribution < 1.29 is 63.8 Å². The molecule has 2 heterocycles. The number of carbonyl (C=O) groups excluding carboxylic acids is 2. The third-order valence-corrected chi connectivity index (χ3v) is 4.37. The summed E-state index contributed by atoms with van der Waals surface area (Å²) >= 11 is 5.56. The van der Waals surface area contributed by atoms with E-state index in [1.807, 2.05) is 0 Å². The molecule has 0 aromatic rings. The highest BCUT2D eigenvalue weighted by molar-refractivity contribution is 6.19. The van der Waals surface area contributed by atoms with Crippen LogP contribution in [-0.4, -0.2) is 99.6 Å². The Morgan fingerprint density at radius 2 is 1.68 bits per heavy atom. The quantitative estimate of drug-likeness (QED) is 0.172. The Hall–Kier alpha value is -1.37. The minimum atomic E-state index is -1.00. The molecule has 2 saturated heterocycles. The van der Waals surface area contributed by atoms with Crippen molar-refractivity contribution in [2.75, 3.05) is 19.8 Å². The molecule has 2 fully saturated rings. The van der Waals surface area contributed by atoms with E-state index in [1.54, 1.807) is 0 Å². The largest absolute Gasteiger partial charge is 0.510 e. The van der Waals surface area contributed by atoms with Crippen LogP contribution < -0.4 is 0 Å². The molecular formula is C15H25ClN2O13. The number of nitrogens with zero attached hydrogens (tertiary/aromatic N) is 2. The lowest BCUT2D eigenvalue weighted by molar-refractivity contribution is -0.527. The summed E-state index contributed by atoms with van der Waals surface area (Å²) in [5, 5.41) is 33.3. The molecule has 2 aliphatic rings. The van der Waals surface area contributed by atoms with E-state index < -0.39 is 65.6 Å². The molecule has 0 saturated carbocycles. The second-order valence-corrected chi connectivity index (χ2v) is 7.23. The number of hydrogen-bond acceptors (Lipinski definition) is 15. The van der Waals surface area contributed by atoms with Crippen LogP contribution in [0.1, 0.15) is 26.2 Å². The molecule has 31 heavy (non-hydrogen) atoms. The zero-order chi connectivity index (χ0) is 23.0. The van der Waals surface area contributed by atoms with Gasteiger partial charge in [-0.05, 0) is 19.8 Å². The van der Waals surface area contributed by atoms with E-state index in [9.17, 15) is 9.59 Å². The summed E-state index contributed by atoms with van der Waals surface area (Å²) in [6, 6.07) is 0. The summed E-state index contributed by atoms with van der Waals surface area (Å²) in [6.45, 7) is 1.10. The topological polar surface area (TPSA) is 186 Å². The van der Waals surface area contributed by atoms with E-state index in [0.717, 1.165) is 0 Å². The van der Waals surface area contributed by atoms with E-state index in [-0.39, 0.29) is 32.5 Å². The van der Waals surface area contributed by atoms with E-state index in [2.05, 4.69) is 9.68 Å². The molecule has 2 unspecified atom stereocenters. The van der Waals surface area contributed by atoms with E-state index >= 15 is 0 Å². The van der Waals surface area contributed by atoms with Crippen LogP contribution in [0.15, 0.2) is 0 Å². The Bertz CT molecular complexity index is 581. The van der Waals surface area contributed by atoms with Crippen molar-refractivity contribution in [1.82, 2.24) is 10.8 Å². The SMILES string of the molecule is CC(Cl)OC(=O)O[C@@H]1CO[C@H]2[C@@H]1OC[C@H]2OC(=O)CCCC(CON(O)O)ON(O)O. The average molecular weight is 477 g/mol. The molecule has 6 atom stereocenters. The summed E-state index contributed by atoms with van der Waals surface area (Å²) in [6.07, 6.45) is -4.42. The molecule has 2 rings (SSSR count). The third-order valence-electron chi connectivity index (χ3n) is 4.28. The number of esters is 1. The number of alkyl halides is 1. The number of hydrogen-bond donors (Lipinski definition) is 4. The monoisotopic (exact) mass is 476 g/mol. The predicted octanol–water partition coefficient (Wildman–Crippen LogP) is 0.365. The Labute approximate surface area is 181 Å². The molecule has 0 bridgehead atoms. The Kier molecular flexibility index (Phi) is 10.5. The van der Waals surface area contributed by atoms with Gasteiger partial charge in [0.25, 0.3) is 0 Å². The van der Waals surface area contributed by atoms with Crippen LogP contribution in [0, 0.1) is 0 Å². The van der Waals surface area contributed by atoms with Crippen molar-refractivity contribution in [2.24, 2.45) is 0 Å². The van der Waals surface area contributed by atoms with Crippen LogP contribution in [0.2, 0.25) is 0 Å². The molecule has 16 heteroatoms. The van der Waals surface area contributed by atoms with Crippen LogP contribution in [0.25, 0.3) is 0 Å². The number of rotatable bonds is 12. The fourth-order valence-corrected chi connectivity index (χ4v) is 3.14. The number of ether oxygens (including phenoxy) is 5. The van der Waals surface area contributed by atoms with Crippen LogP contribution in [0.5, 0.6) is 0 Å². The molecular weight excluding hydrogens is 452 g/mol. The third kappa shape index (κ3) is 8.95. The van der Waals surface area contributed by atoms with Crippen molar-refractivity contribution in [3.8, 4) is 0 Å². The zero-order valence-electron chi connectivity index (χ0n) is 16.4. The normalized spacial score (nSPS) is 27.2. The van der Waals surface area contributed by atoms with Crippen LogP contribution in [-0.2, 0) is 38.2 Å². The van der Waals surface area contributed by atoms with Crippen LogP contribution >= 0.6 is 11.6 Å². The first-order valence-electron chi connectivity index (χ1n) is 9.25. The van der Waals surface area contributed by atoms with Crippen molar-refractivity contribution in [1.29, 1.82) is 0 Å². The van der Waals surface area contributed by atoms with Gasteiger partial charge >= 0.3 is 12.1 Å². The number of carbonyl (C=O) groups is 2. The fraction of sp³-hybridized carbons (Fsp3) is 0.867. The van der Waals surface area contributed by atoms with Gasteiger partial charge in [0.05, 0.1) is 24.0 Å². The lowest BCUT2D eigenvalue weighted by Crippen LogP contribution is -2.36. The summed E-state index contributed by atoms with van der Waals surface area (Å²) in [7, 11) is 0. The molecule has 180 valence electrons. The summed E-state index contributed by atoms with van der Waals surface area (Å²) in [5.41, 5.74) is -0.857. The highest BCUT2D eigenvalue weighted by Gasteiger charge is 2.51. The van der Waals surface area contributed by atoms with Gasteiger partial charge in [-0.25, -0.2) is 14.5 Å². The standard InChI is InChI=1S/C15H25ClN2O13/c1-8(16)28-15(20)30-11-7-26-13-10(6-25-14(11)13)29-12(19)4-2-3-9(31-18(23)24)5-27-17(21)22/h8-11,13-14,21-24H,2-7H2,1H3/t8?,9?,10-,11-,13-,14-/m1/s1. The molecule has 0 spiro atoms. The molecule has 4 N–H and O–H groups in total. The molecule has 0 amide bonds. The van der Waals surface area contributed by atoms with Gasteiger partial charge in [0, 0.05) is 6.42 Å². The van der Waals surface area contributed by atoms with Gasteiger partial charge in [-0.15, -0.1) is 0 Å². The van der Waals surface area contributed by atoms with E-state index in [0.29, 0.717) is 0 Å². The van der Waals surface area contributed by atoms with Gasteiger partial charge in [-0.2, -0.15) is 0 Å². The molecule has 0 aliphatic carbocycles. The molecule has 2 aliphatic heterocycles. The van der Waals surface area contributed by atoms with Gasteiger partial charge in [0.1, 0.15) is 24.9 Å².